The third-order valence-electron chi connectivity index (χ3n) is 4.56. The van der Waals surface area contributed by atoms with Gasteiger partial charge in [-0.3, -0.25) is 4.79 Å². The SMILES string of the molecule is CCOCCn1c(=NC(=O)c2cc(OC)cc(OC)c2)sc2cc(C(=O)OC)ccc21. The average Bonchev–Trinajstić information content (AvgIpc) is 3.14. The van der Waals surface area contributed by atoms with Crippen molar-refractivity contribution >= 4 is 33.4 Å². The van der Waals surface area contributed by atoms with Crippen LogP contribution in [0.2, 0.25) is 0 Å². The molecule has 1 amide bonds. The molecular weight excluding hydrogens is 420 g/mol. The Morgan fingerprint density at radius 1 is 1.00 bits per heavy atom. The van der Waals surface area contributed by atoms with Crippen LogP contribution < -0.4 is 14.3 Å². The molecular formula is C22H24N2O6S. The summed E-state index contributed by atoms with van der Waals surface area (Å²) < 4.78 is 23.5. The van der Waals surface area contributed by atoms with Gasteiger partial charge in [0, 0.05) is 24.8 Å². The van der Waals surface area contributed by atoms with Crippen LogP contribution in [0.5, 0.6) is 11.5 Å². The maximum atomic E-state index is 12.9. The number of nitrogens with zero attached hydrogens (tertiary/aromatic N) is 2. The van der Waals surface area contributed by atoms with E-state index >= 15 is 0 Å². The van der Waals surface area contributed by atoms with E-state index in [1.807, 2.05) is 17.6 Å². The number of carbonyl (C=O) groups excluding carboxylic acids is 2. The van der Waals surface area contributed by atoms with Gasteiger partial charge in [0.2, 0.25) is 0 Å². The van der Waals surface area contributed by atoms with Crippen molar-refractivity contribution in [2.75, 3.05) is 34.5 Å². The first-order valence-electron chi connectivity index (χ1n) is 9.62. The number of thiazole rings is 1. The van der Waals surface area contributed by atoms with Crippen LogP contribution in [0.25, 0.3) is 10.2 Å². The Bertz CT molecular complexity index is 1140. The molecule has 0 bridgehead atoms. The number of carbonyl (C=O) groups is 2. The summed E-state index contributed by atoms with van der Waals surface area (Å²) in [7, 11) is 4.38. The van der Waals surface area contributed by atoms with Gasteiger partial charge >= 0.3 is 5.97 Å². The number of rotatable bonds is 8. The molecule has 3 aromatic rings. The van der Waals surface area contributed by atoms with Gasteiger partial charge in [-0.2, -0.15) is 4.99 Å². The smallest absolute Gasteiger partial charge is 0.337 e. The minimum atomic E-state index is -0.429. The number of hydrogen-bond donors (Lipinski definition) is 0. The zero-order valence-electron chi connectivity index (χ0n) is 17.8. The number of methoxy groups -OCH3 is 3. The molecule has 0 fully saturated rings. The third-order valence-corrected chi connectivity index (χ3v) is 5.60. The minimum Gasteiger partial charge on any atom is -0.497 e. The second kappa shape index (κ2) is 10.2. The fourth-order valence-corrected chi connectivity index (χ4v) is 4.10. The number of aromatic nitrogens is 1. The van der Waals surface area contributed by atoms with Crippen molar-refractivity contribution in [1.82, 2.24) is 4.57 Å². The molecule has 8 nitrogen and oxygen atoms in total. The van der Waals surface area contributed by atoms with Crippen molar-refractivity contribution in [3.05, 3.63) is 52.3 Å². The predicted molar refractivity (Wildman–Crippen MR) is 117 cm³/mol. The van der Waals surface area contributed by atoms with Gasteiger partial charge in [0.15, 0.2) is 4.80 Å². The summed E-state index contributed by atoms with van der Waals surface area (Å²) in [6, 6.07) is 10.2. The Kier molecular flexibility index (Phi) is 7.43. The maximum Gasteiger partial charge on any atom is 0.337 e. The molecule has 0 N–H and O–H groups in total. The highest BCUT2D eigenvalue weighted by molar-refractivity contribution is 7.16. The van der Waals surface area contributed by atoms with E-state index in [-0.39, 0.29) is 0 Å². The first-order valence-corrected chi connectivity index (χ1v) is 10.4. The molecule has 0 aliphatic heterocycles. The van der Waals surface area contributed by atoms with Crippen LogP contribution in [-0.4, -0.2) is 51.0 Å². The molecule has 0 saturated carbocycles. The van der Waals surface area contributed by atoms with Gasteiger partial charge in [-0.15, -0.1) is 0 Å². The lowest BCUT2D eigenvalue weighted by molar-refractivity contribution is 0.0600. The summed E-state index contributed by atoms with van der Waals surface area (Å²) in [5.41, 5.74) is 1.64. The van der Waals surface area contributed by atoms with Gasteiger partial charge < -0.3 is 23.5 Å². The Balaban J connectivity index is 2.10. The Hall–Kier alpha value is -3.17. The molecule has 0 atom stereocenters. The fraction of sp³-hybridized carbons (Fsp3) is 0.318. The van der Waals surface area contributed by atoms with E-state index in [2.05, 4.69) is 4.99 Å². The van der Waals surface area contributed by atoms with E-state index in [0.29, 0.717) is 47.2 Å². The van der Waals surface area contributed by atoms with E-state index in [4.69, 9.17) is 18.9 Å². The second-order valence-electron chi connectivity index (χ2n) is 6.43. The molecule has 0 radical (unpaired) electrons. The van der Waals surface area contributed by atoms with E-state index in [0.717, 1.165) is 10.2 Å². The van der Waals surface area contributed by atoms with E-state index in [1.54, 1.807) is 30.3 Å². The lowest BCUT2D eigenvalue weighted by Gasteiger charge is -2.07. The highest BCUT2D eigenvalue weighted by atomic mass is 32.1. The summed E-state index contributed by atoms with van der Waals surface area (Å²) in [5, 5.41) is 0. The van der Waals surface area contributed by atoms with E-state index in [1.165, 1.54) is 32.7 Å². The molecule has 164 valence electrons. The summed E-state index contributed by atoms with van der Waals surface area (Å²) in [6.07, 6.45) is 0. The summed E-state index contributed by atoms with van der Waals surface area (Å²) in [5.74, 6) is 0.152. The van der Waals surface area contributed by atoms with E-state index in [9.17, 15) is 9.59 Å². The minimum absolute atomic E-state index is 0.347. The van der Waals surface area contributed by atoms with Crippen LogP contribution in [0.1, 0.15) is 27.6 Å². The van der Waals surface area contributed by atoms with Crippen LogP contribution in [0.4, 0.5) is 0 Å². The fourth-order valence-electron chi connectivity index (χ4n) is 3.00. The molecule has 2 aromatic carbocycles. The normalized spacial score (nSPS) is 11.5. The standard InChI is InChI=1S/C22H24N2O6S/c1-5-30-9-8-24-18-7-6-14(21(26)29-4)12-19(18)31-22(24)23-20(25)15-10-16(27-2)13-17(11-15)28-3/h6-7,10-13H,5,8-9H2,1-4H3. The molecule has 1 aromatic heterocycles. The van der Waals surface area contributed by atoms with Gasteiger partial charge in [-0.05, 0) is 37.3 Å². The number of hydrogen-bond acceptors (Lipinski definition) is 7. The van der Waals surface area contributed by atoms with Crippen molar-refractivity contribution < 1.29 is 28.5 Å². The molecule has 31 heavy (non-hydrogen) atoms. The Morgan fingerprint density at radius 3 is 2.32 bits per heavy atom. The Morgan fingerprint density at radius 2 is 1.71 bits per heavy atom. The van der Waals surface area contributed by atoms with Gasteiger partial charge in [0.05, 0.1) is 43.7 Å². The first-order chi connectivity index (χ1) is 15.0. The zero-order chi connectivity index (χ0) is 22.4. The van der Waals surface area contributed by atoms with Crippen molar-refractivity contribution in [2.45, 2.75) is 13.5 Å². The van der Waals surface area contributed by atoms with Crippen LogP contribution >= 0.6 is 11.3 Å². The third kappa shape index (κ3) is 5.12. The van der Waals surface area contributed by atoms with Gasteiger partial charge in [-0.25, -0.2) is 4.79 Å². The lowest BCUT2D eigenvalue weighted by atomic mass is 10.2. The molecule has 0 aliphatic rings. The maximum absolute atomic E-state index is 12.9. The molecule has 0 aliphatic carbocycles. The molecule has 0 spiro atoms. The summed E-state index contributed by atoms with van der Waals surface area (Å²) in [4.78, 5) is 29.7. The monoisotopic (exact) mass is 444 g/mol. The number of amides is 1. The number of benzene rings is 2. The van der Waals surface area contributed by atoms with Gasteiger partial charge in [0.1, 0.15) is 11.5 Å². The zero-order valence-corrected chi connectivity index (χ0v) is 18.7. The average molecular weight is 445 g/mol. The molecule has 0 unspecified atom stereocenters. The number of fused-ring (bicyclic) bond motifs is 1. The van der Waals surface area contributed by atoms with Crippen LogP contribution in [0.3, 0.4) is 0 Å². The molecule has 0 saturated heterocycles. The van der Waals surface area contributed by atoms with Gasteiger partial charge in [-0.1, -0.05) is 11.3 Å². The highest BCUT2D eigenvalue weighted by Gasteiger charge is 2.14. The Labute approximate surface area is 183 Å². The summed E-state index contributed by atoms with van der Waals surface area (Å²) in [6.45, 7) is 3.49. The van der Waals surface area contributed by atoms with E-state index < -0.39 is 11.9 Å². The first kappa shape index (κ1) is 22.5. The molecule has 9 heteroatoms. The second-order valence-corrected chi connectivity index (χ2v) is 7.43. The van der Waals surface area contributed by atoms with Crippen LogP contribution in [0, 0.1) is 0 Å². The highest BCUT2D eigenvalue weighted by Crippen LogP contribution is 2.24. The molecule has 1 heterocycles. The molecule has 3 rings (SSSR count). The van der Waals surface area contributed by atoms with Crippen LogP contribution in [-0.2, 0) is 16.0 Å². The van der Waals surface area contributed by atoms with Crippen molar-refractivity contribution in [3.63, 3.8) is 0 Å². The van der Waals surface area contributed by atoms with Crippen LogP contribution in [0.15, 0.2) is 41.4 Å². The van der Waals surface area contributed by atoms with Crippen molar-refractivity contribution in [1.29, 1.82) is 0 Å². The topological polar surface area (TPSA) is 88.4 Å². The van der Waals surface area contributed by atoms with Gasteiger partial charge in [0.25, 0.3) is 5.91 Å². The largest absolute Gasteiger partial charge is 0.497 e. The summed E-state index contributed by atoms with van der Waals surface area (Å²) >= 11 is 1.32. The van der Waals surface area contributed by atoms with Crippen molar-refractivity contribution in [3.8, 4) is 11.5 Å². The number of ether oxygens (including phenoxy) is 4. The predicted octanol–water partition coefficient (Wildman–Crippen LogP) is 3.28. The number of esters is 1. The van der Waals surface area contributed by atoms with Crippen molar-refractivity contribution in [2.24, 2.45) is 4.99 Å². The quantitative estimate of drug-likeness (QED) is 0.391. The lowest BCUT2D eigenvalue weighted by Crippen LogP contribution is -2.19.